The van der Waals surface area contributed by atoms with Gasteiger partial charge in [-0.15, -0.1) is 0 Å². The normalized spacial score (nSPS) is 16.7. The number of Topliss-reactive ketones (excluding diaryl/α,β-unsaturated/α-hetero) is 2. The van der Waals surface area contributed by atoms with Crippen LogP contribution in [0.15, 0.2) is 33.8 Å². The van der Waals surface area contributed by atoms with Crippen LogP contribution in [0.1, 0.15) is 75.7 Å². The molecule has 0 aliphatic heterocycles. The van der Waals surface area contributed by atoms with Gasteiger partial charge in [0.15, 0.2) is 0 Å². The van der Waals surface area contributed by atoms with Crippen molar-refractivity contribution in [2.45, 2.75) is 75.7 Å². The third-order valence-electron chi connectivity index (χ3n) is 5.12. The van der Waals surface area contributed by atoms with Gasteiger partial charge in [-0.05, 0) is 38.0 Å². The molecule has 4 nitrogen and oxygen atoms in total. The highest BCUT2D eigenvalue weighted by Gasteiger charge is 2.41. The zero-order chi connectivity index (χ0) is 21.7. The van der Waals surface area contributed by atoms with E-state index in [2.05, 4.69) is 34.6 Å². The standard InChI is InChI=1S/C21H32O4.C2H6/c1-12(14(3)20(4,5)6)11-21(7,8)15-13(2)16(22)18(24-9)19(25-10)17(15)23;1-2/h11H2,1-10H3;1-2H3/b14-12+;. The van der Waals surface area contributed by atoms with Crippen LogP contribution in [0.3, 0.4) is 0 Å². The van der Waals surface area contributed by atoms with Crippen LogP contribution in [0.4, 0.5) is 0 Å². The summed E-state index contributed by atoms with van der Waals surface area (Å²) >= 11 is 0. The first-order valence-electron chi connectivity index (χ1n) is 9.59. The van der Waals surface area contributed by atoms with E-state index in [9.17, 15) is 9.59 Å². The minimum absolute atomic E-state index is 0.00430. The zero-order valence-electron chi connectivity index (χ0n) is 19.3. The molecule has 0 aromatic heterocycles. The number of ketones is 2. The van der Waals surface area contributed by atoms with Crippen molar-refractivity contribution in [3.63, 3.8) is 0 Å². The van der Waals surface area contributed by atoms with E-state index < -0.39 is 5.41 Å². The van der Waals surface area contributed by atoms with Crippen LogP contribution in [0.5, 0.6) is 0 Å². The zero-order valence-corrected chi connectivity index (χ0v) is 19.3. The molecular weight excluding hydrogens is 340 g/mol. The summed E-state index contributed by atoms with van der Waals surface area (Å²) in [6.45, 7) is 20.5. The largest absolute Gasteiger partial charge is 0.489 e. The van der Waals surface area contributed by atoms with Crippen LogP contribution < -0.4 is 0 Å². The predicted molar refractivity (Wildman–Crippen MR) is 111 cm³/mol. The molecule has 0 atom stereocenters. The summed E-state index contributed by atoms with van der Waals surface area (Å²) in [7, 11) is 2.77. The van der Waals surface area contributed by atoms with Crippen molar-refractivity contribution in [1.82, 2.24) is 0 Å². The maximum absolute atomic E-state index is 13.0. The molecule has 1 aliphatic carbocycles. The number of rotatable bonds is 5. The molecular formula is C23H38O4. The third-order valence-corrected chi connectivity index (χ3v) is 5.12. The van der Waals surface area contributed by atoms with Gasteiger partial charge in [-0.25, -0.2) is 0 Å². The lowest BCUT2D eigenvalue weighted by Gasteiger charge is -2.33. The topological polar surface area (TPSA) is 52.6 Å². The molecule has 0 aromatic rings. The summed E-state index contributed by atoms with van der Waals surface area (Å²) in [5.74, 6) is -0.558. The number of allylic oxidation sites excluding steroid dienone is 4. The Balaban J connectivity index is 0.00000326. The SMILES string of the molecule is CC.COC1=C(OC)C(=O)C(C(C)(C)C/C(C)=C(\C)C(C)(C)C)=C(C)C1=O. The van der Waals surface area contributed by atoms with E-state index >= 15 is 0 Å². The van der Waals surface area contributed by atoms with Crippen molar-refractivity contribution < 1.29 is 19.1 Å². The summed E-state index contributed by atoms with van der Waals surface area (Å²) < 4.78 is 10.3. The number of hydrogen-bond acceptors (Lipinski definition) is 4. The van der Waals surface area contributed by atoms with Gasteiger partial charge in [-0.3, -0.25) is 9.59 Å². The fourth-order valence-corrected chi connectivity index (χ4v) is 3.48. The Morgan fingerprint density at radius 3 is 1.63 bits per heavy atom. The van der Waals surface area contributed by atoms with Crippen LogP contribution in [0, 0.1) is 10.8 Å². The molecule has 0 aromatic carbocycles. The number of ether oxygens (including phenoxy) is 2. The highest BCUT2D eigenvalue weighted by Crippen LogP contribution is 2.42. The van der Waals surface area contributed by atoms with Crippen LogP contribution in [0.2, 0.25) is 0 Å². The second-order valence-corrected chi connectivity index (χ2v) is 8.44. The fourth-order valence-electron chi connectivity index (χ4n) is 3.48. The molecule has 1 rings (SSSR count). The lowest BCUT2D eigenvalue weighted by molar-refractivity contribution is -0.121. The molecule has 0 saturated heterocycles. The number of carbonyl (C=O) groups excluding carboxylic acids is 2. The molecule has 0 amide bonds. The van der Waals surface area contributed by atoms with Crippen molar-refractivity contribution >= 4 is 11.6 Å². The molecule has 0 heterocycles. The van der Waals surface area contributed by atoms with Gasteiger partial charge in [0.05, 0.1) is 14.2 Å². The van der Waals surface area contributed by atoms with E-state index in [1.165, 1.54) is 25.4 Å². The minimum Gasteiger partial charge on any atom is -0.489 e. The Kier molecular flexibility index (Phi) is 8.75. The van der Waals surface area contributed by atoms with Crippen LogP contribution in [-0.2, 0) is 19.1 Å². The van der Waals surface area contributed by atoms with Gasteiger partial charge in [0.1, 0.15) is 0 Å². The maximum Gasteiger partial charge on any atom is 0.228 e. The van der Waals surface area contributed by atoms with Crippen LogP contribution in [-0.4, -0.2) is 25.8 Å². The Morgan fingerprint density at radius 1 is 0.852 bits per heavy atom. The number of hydrogen-bond donors (Lipinski definition) is 0. The quantitative estimate of drug-likeness (QED) is 0.449. The average Bonchev–Trinajstić information content (AvgIpc) is 2.57. The maximum atomic E-state index is 13.0. The Hall–Kier alpha value is -1.84. The van der Waals surface area contributed by atoms with Crippen molar-refractivity contribution in [2.24, 2.45) is 10.8 Å². The predicted octanol–water partition coefficient (Wildman–Crippen LogP) is 5.78. The van der Waals surface area contributed by atoms with E-state index in [-0.39, 0.29) is 28.5 Å². The van der Waals surface area contributed by atoms with E-state index in [4.69, 9.17) is 9.47 Å². The first kappa shape index (κ1) is 25.2. The molecule has 27 heavy (non-hydrogen) atoms. The summed E-state index contributed by atoms with van der Waals surface area (Å²) in [6, 6.07) is 0. The summed E-state index contributed by atoms with van der Waals surface area (Å²) in [6.07, 6.45) is 0.696. The Labute approximate surface area is 165 Å². The van der Waals surface area contributed by atoms with E-state index in [1.807, 2.05) is 27.7 Å². The van der Waals surface area contributed by atoms with Gasteiger partial charge < -0.3 is 9.47 Å². The van der Waals surface area contributed by atoms with E-state index in [0.29, 0.717) is 17.6 Å². The molecule has 0 saturated carbocycles. The van der Waals surface area contributed by atoms with Crippen molar-refractivity contribution in [3.8, 4) is 0 Å². The molecule has 1 aliphatic rings. The van der Waals surface area contributed by atoms with Gasteiger partial charge in [0.25, 0.3) is 0 Å². The molecule has 154 valence electrons. The summed E-state index contributed by atoms with van der Waals surface area (Å²) in [5.41, 5.74) is 3.06. The van der Waals surface area contributed by atoms with Crippen LogP contribution >= 0.6 is 0 Å². The number of methoxy groups -OCH3 is 2. The second-order valence-electron chi connectivity index (χ2n) is 8.44. The molecule has 0 N–H and O–H groups in total. The molecule has 4 heteroatoms. The molecule has 0 fully saturated rings. The Bertz CT molecular complexity index is 680. The average molecular weight is 379 g/mol. The van der Waals surface area contributed by atoms with Gasteiger partial charge in [-0.2, -0.15) is 0 Å². The second kappa shape index (κ2) is 9.38. The minimum atomic E-state index is -0.490. The number of carbonyl (C=O) groups is 2. The summed E-state index contributed by atoms with van der Waals surface area (Å²) in [5, 5.41) is 0. The monoisotopic (exact) mass is 378 g/mol. The van der Waals surface area contributed by atoms with Gasteiger partial charge in [0.2, 0.25) is 23.1 Å². The Morgan fingerprint density at radius 2 is 1.26 bits per heavy atom. The van der Waals surface area contributed by atoms with Gasteiger partial charge in [0, 0.05) is 11.1 Å². The highest BCUT2D eigenvalue weighted by atomic mass is 16.5. The first-order valence-corrected chi connectivity index (χ1v) is 9.59. The lowest BCUT2D eigenvalue weighted by atomic mass is 9.70. The lowest BCUT2D eigenvalue weighted by Crippen LogP contribution is -2.32. The molecule has 0 spiro atoms. The molecule has 0 unspecified atom stereocenters. The molecule has 0 radical (unpaired) electrons. The van der Waals surface area contributed by atoms with E-state index in [1.54, 1.807) is 6.92 Å². The van der Waals surface area contributed by atoms with Crippen LogP contribution in [0.25, 0.3) is 0 Å². The highest BCUT2D eigenvalue weighted by molar-refractivity contribution is 6.23. The fraction of sp³-hybridized carbons (Fsp3) is 0.652. The van der Waals surface area contributed by atoms with E-state index in [0.717, 1.165) is 0 Å². The first-order chi connectivity index (χ1) is 12.3. The van der Waals surface area contributed by atoms with Gasteiger partial charge in [-0.1, -0.05) is 59.6 Å². The summed E-state index contributed by atoms with van der Waals surface area (Å²) in [4.78, 5) is 25.6. The van der Waals surface area contributed by atoms with Gasteiger partial charge >= 0.3 is 0 Å². The van der Waals surface area contributed by atoms with Crippen molar-refractivity contribution in [3.05, 3.63) is 33.8 Å². The van der Waals surface area contributed by atoms with Crippen molar-refractivity contribution in [1.29, 1.82) is 0 Å². The molecule has 0 bridgehead atoms. The smallest absolute Gasteiger partial charge is 0.228 e. The van der Waals surface area contributed by atoms with Crippen molar-refractivity contribution in [2.75, 3.05) is 14.2 Å². The third kappa shape index (κ3) is 5.33.